The molecule has 9 heteroatoms. The number of hydrogen-bond donors (Lipinski definition) is 1. The second kappa shape index (κ2) is 6.62. The van der Waals surface area contributed by atoms with Crippen LogP contribution in [-0.4, -0.2) is 47.8 Å². The van der Waals surface area contributed by atoms with Crippen LogP contribution in [0.25, 0.3) is 0 Å². The third kappa shape index (κ3) is 3.82. The van der Waals surface area contributed by atoms with Crippen molar-refractivity contribution in [2.45, 2.75) is 33.4 Å². The molecule has 2 rings (SSSR count). The second-order valence-corrected chi connectivity index (χ2v) is 7.23. The van der Waals surface area contributed by atoms with Crippen LogP contribution in [0, 0.1) is 12.8 Å². The summed E-state index contributed by atoms with van der Waals surface area (Å²) in [5.41, 5.74) is 0.532. The van der Waals surface area contributed by atoms with Gasteiger partial charge in [0.15, 0.2) is 0 Å². The number of carbonyl (C=O) groups excluding carboxylic acids is 1. The molecule has 0 unspecified atom stereocenters. The number of carbonyl (C=O) groups is 2. The molecule has 1 aliphatic rings. The Morgan fingerprint density at radius 2 is 1.96 bits per heavy atom. The largest absolute Gasteiger partial charge is 0.477 e. The Hall–Kier alpha value is -1.77. The number of alkyl halides is 3. The first-order chi connectivity index (χ1) is 11.0. The van der Waals surface area contributed by atoms with Gasteiger partial charge in [0.1, 0.15) is 9.88 Å². The summed E-state index contributed by atoms with van der Waals surface area (Å²) in [4.78, 5) is 26.9. The normalized spacial score (nSPS) is 15.2. The first-order valence-corrected chi connectivity index (χ1v) is 8.30. The zero-order chi connectivity index (χ0) is 18.2. The van der Waals surface area contributed by atoms with Gasteiger partial charge in [0.2, 0.25) is 0 Å². The van der Waals surface area contributed by atoms with Gasteiger partial charge >= 0.3 is 12.1 Å². The van der Waals surface area contributed by atoms with Gasteiger partial charge in [-0.1, -0.05) is 13.8 Å². The average molecular weight is 364 g/mol. The SMILES string of the molecule is Cc1c(C(=O)O)sc2c1C(=O)N(CC(C)C)CN2CCC(F)(F)F. The van der Waals surface area contributed by atoms with E-state index in [1.165, 1.54) is 16.7 Å². The zero-order valence-corrected chi connectivity index (χ0v) is 14.4. The van der Waals surface area contributed by atoms with Crippen LogP contribution < -0.4 is 4.90 Å². The topological polar surface area (TPSA) is 60.9 Å². The Morgan fingerprint density at radius 3 is 2.46 bits per heavy atom. The zero-order valence-electron chi connectivity index (χ0n) is 13.6. The summed E-state index contributed by atoms with van der Waals surface area (Å²) in [5, 5.41) is 9.56. The minimum Gasteiger partial charge on any atom is -0.477 e. The molecule has 134 valence electrons. The van der Waals surface area contributed by atoms with Gasteiger partial charge in [-0.3, -0.25) is 4.79 Å². The van der Waals surface area contributed by atoms with Crippen LogP contribution in [0.5, 0.6) is 0 Å². The molecule has 1 N–H and O–H groups in total. The summed E-state index contributed by atoms with van der Waals surface area (Å²) in [6.45, 7) is 5.48. The lowest BCUT2D eigenvalue weighted by Crippen LogP contribution is -2.48. The van der Waals surface area contributed by atoms with Crippen LogP contribution in [0.3, 0.4) is 0 Å². The van der Waals surface area contributed by atoms with Gasteiger partial charge in [-0.2, -0.15) is 13.2 Å². The molecule has 1 amide bonds. The molecule has 0 saturated carbocycles. The van der Waals surface area contributed by atoms with E-state index in [1.54, 1.807) is 0 Å². The summed E-state index contributed by atoms with van der Waals surface area (Å²) in [5.74, 6) is -1.34. The molecule has 24 heavy (non-hydrogen) atoms. The summed E-state index contributed by atoms with van der Waals surface area (Å²) in [6.07, 6.45) is -5.33. The Kier molecular flexibility index (Phi) is 5.12. The van der Waals surface area contributed by atoms with Crippen molar-refractivity contribution in [1.29, 1.82) is 0 Å². The summed E-state index contributed by atoms with van der Waals surface area (Å²) < 4.78 is 37.8. The van der Waals surface area contributed by atoms with Crippen molar-refractivity contribution in [3.8, 4) is 0 Å². The fourth-order valence-electron chi connectivity index (χ4n) is 2.68. The van der Waals surface area contributed by atoms with E-state index in [-0.39, 0.29) is 35.5 Å². The number of hydrogen-bond acceptors (Lipinski definition) is 4. The Labute approximate surface area is 141 Å². The van der Waals surface area contributed by atoms with E-state index in [0.29, 0.717) is 17.1 Å². The van der Waals surface area contributed by atoms with E-state index in [2.05, 4.69) is 0 Å². The Balaban J connectivity index is 2.42. The molecule has 0 aliphatic carbocycles. The number of amides is 1. The maximum absolute atomic E-state index is 12.6. The number of fused-ring (bicyclic) bond motifs is 1. The number of aromatic carboxylic acids is 1. The number of carboxylic acid groups (broad SMARTS) is 1. The molecule has 5 nitrogen and oxygen atoms in total. The fraction of sp³-hybridized carbons (Fsp3) is 0.600. The lowest BCUT2D eigenvalue weighted by molar-refractivity contribution is -0.132. The van der Waals surface area contributed by atoms with E-state index in [9.17, 15) is 27.9 Å². The van der Waals surface area contributed by atoms with E-state index >= 15 is 0 Å². The highest BCUT2D eigenvalue weighted by atomic mass is 32.1. The maximum Gasteiger partial charge on any atom is 0.390 e. The summed E-state index contributed by atoms with van der Waals surface area (Å²) >= 11 is 0.865. The van der Waals surface area contributed by atoms with Gasteiger partial charge in [0.05, 0.1) is 18.7 Å². The van der Waals surface area contributed by atoms with E-state index in [0.717, 1.165) is 11.3 Å². The summed E-state index contributed by atoms with van der Waals surface area (Å²) in [6, 6.07) is 0. The monoisotopic (exact) mass is 364 g/mol. The van der Waals surface area contributed by atoms with Gasteiger partial charge in [-0.25, -0.2) is 4.79 Å². The molecule has 2 heterocycles. The quantitative estimate of drug-likeness (QED) is 0.868. The van der Waals surface area contributed by atoms with Crippen LogP contribution in [-0.2, 0) is 0 Å². The van der Waals surface area contributed by atoms with Crippen LogP contribution in [0.4, 0.5) is 18.2 Å². The number of rotatable bonds is 5. The number of carboxylic acids is 1. The van der Waals surface area contributed by atoms with Crippen LogP contribution in [0.1, 0.15) is 45.9 Å². The first kappa shape index (κ1) is 18.6. The predicted molar refractivity (Wildman–Crippen MR) is 84.8 cm³/mol. The van der Waals surface area contributed by atoms with Crippen molar-refractivity contribution >= 4 is 28.2 Å². The number of nitrogens with zero attached hydrogens (tertiary/aromatic N) is 2. The van der Waals surface area contributed by atoms with Gasteiger partial charge in [-0.05, 0) is 18.4 Å². The number of thiophene rings is 1. The highest BCUT2D eigenvalue weighted by Crippen LogP contribution is 2.40. The van der Waals surface area contributed by atoms with Crippen LogP contribution in [0.15, 0.2) is 0 Å². The third-order valence-electron chi connectivity index (χ3n) is 3.70. The van der Waals surface area contributed by atoms with Crippen molar-refractivity contribution in [2.24, 2.45) is 5.92 Å². The lowest BCUT2D eigenvalue weighted by Gasteiger charge is -2.37. The van der Waals surface area contributed by atoms with Crippen molar-refractivity contribution in [3.05, 3.63) is 16.0 Å². The van der Waals surface area contributed by atoms with E-state index in [1.807, 2.05) is 13.8 Å². The summed E-state index contributed by atoms with van der Waals surface area (Å²) in [7, 11) is 0. The molecule has 0 atom stereocenters. The van der Waals surface area contributed by atoms with E-state index < -0.39 is 18.6 Å². The molecular weight excluding hydrogens is 345 g/mol. The average Bonchev–Trinajstić information content (AvgIpc) is 2.77. The minimum atomic E-state index is -4.31. The van der Waals surface area contributed by atoms with Gasteiger partial charge in [0.25, 0.3) is 5.91 Å². The van der Waals surface area contributed by atoms with E-state index in [4.69, 9.17) is 0 Å². The molecule has 0 bridgehead atoms. The highest BCUT2D eigenvalue weighted by molar-refractivity contribution is 7.18. The third-order valence-corrected chi connectivity index (χ3v) is 5.04. The number of anilines is 1. The molecular formula is C15H19F3N2O3S. The van der Waals surface area contributed by atoms with Crippen molar-refractivity contribution < 1.29 is 27.9 Å². The molecule has 0 saturated heterocycles. The lowest BCUT2D eigenvalue weighted by atomic mass is 10.1. The van der Waals surface area contributed by atoms with Crippen LogP contribution >= 0.6 is 11.3 Å². The molecule has 0 radical (unpaired) electrons. The van der Waals surface area contributed by atoms with Crippen molar-refractivity contribution in [2.75, 3.05) is 24.7 Å². The predicted octanol–water partition coefficient (Wildman–Crippen LogP) is 3.58. The number of halogens is 3. The van der Waals surface area contributed by atoms with Crippen molar-refractivity contribution in [1.82, 2.24) is 4.90 Å². The molecule has 1 aliphatic heterocycles. The Morgan fingerprint density at radius 1 is 1.33 bits per heavy atom. The highest BCUT2D eigenvalue weighted by Gasteiger charge is 2.37. The molecule has 0 aromatic carbocycles. The smallest absolute Gasteiger partial charge is 0.390 e. The molecule has 0 fully saturated rings. The molecule has 1 aromatic heterocycles. The van der Waals surface area contributed by atoms with Crippen LogP contribution in [0.2, 0.25) is 0 Å². The standard InChI is InChI=1S/C15H19F3N2O3S/c1-8(2)6-20-7-19(5-4-15(16,17)18)13-10(12(20)21)9(3)11(24-13)14(22)23/h8H,4-7H2,1-3H3,(H,22,23). The fourth-order valence-corrected chi connectivity index (χ4v) is 3.84. The molecule has 0 spiro atoms. The van der Waals surface area contributed by atoms with Crippen molar-refractivity contribution in [3.63, 3.8) is 0 Å². The van der Waals surface area contributed by atoms with Gasteiger partial charge < -0.3 is 14.9 Å². The van der Waals surface area contributed by atoms with Gasteiger partial charge in [0, 0.05) is 13.1 Å². The second-order valence-electron chi connectivity index (χ2n) is 6.23. The van der Waals surface area contributed by atoms with Gasteiger partial charge in [-0.15, -0.1) is 11.3 Å². The first-order valence-electron chi connectivity index (χ1n) is 7.49. The molecule has 1 aromatic rings. The maximum atomic E-state index is 12.6. The minimum absolute atomic E-state index is 0.00300. The Bertz CT molecular complexity index is 655.